The number of morpholine rings is 1. The number of likely N-dealkylation sites (N-methyl/N-ethyl adjacent to an activating group) is 2. The second-order valence-electron chi connectivity index (χ2n) is 6.58. The van der Waals surface area contributed by atoms with Crippen LogP contribution in [0.1, 0.15) is 23.0 Å². The number of hydrogen-bond donors (Lipinski definition) is 0. The van der Waals surface area contributed by atoms with Gasteiger partial charge in [0.25, 0.3) is 0 Å². The zero-order valence-electron chi connectivity index (χ0n) is 14.9. The Bertz CT molecular complexity index is 656. The van der Waals surface area contributed by atoms with Gasteiger partial charge in [0, 0.05) is 31.5 Å². The van der Waals surface area contributed by atoms with E-state index in [1.165, 1.54) is 5.56 Å². The summed E-state index contributed by atoms with van der Waals surface area (Å²) >= 11 is 0. The first-order valence-electron chi connectivity index (χ1n) is 8.45. The summed E-state index contributed by atoms with van der Waals surface area (Å²) in [5, 5.41) is 0. The van der Waals surface area contributed by atoms with Crippen molar-refractivity contribution in [3.05, 3.63) is 53.3 Å². The number of ether oxygens (including phenoxy) is 1. The molecule has 24 heavy (non-hydrogen) atoms. The fourth-order valence-corrected chi connectivity index (χ4v) is 3.36. The molecule has 2 aromatic rings. The third-order valence-electron chi connectivity index (χ3n) is 4.51. The first-order chi connectivity index (χ1) is 11.5. The van der Waals surface area contributed by atoms with Gasteiger partial charge in [0.05, 0.1) is 18.8 Å². The molecule has 0 aliphatic carbocycles. The number of rotatable bonds is 4. The molecule has 1 aromatic heterocycles. The summed E-state index contributed by atoms with van der Waals surface area (Å²) in [5.41, 5.74) is 3.27. The minimum absolute atomic E-state index is 0.0839. The quantitative estimate of drug-likeness (QED) is 0.864. The Hall–Kier alpha value is -1.98. The van der Waals surface area contributed by atoms with Gasteiger partial charge in [-0.2, -0.15) is 0 Å². The molecule has 128 valence electrons. The van der Waals surface area contributed by atoms with E-state index in [1.54, 1.807) is 0 Å². The Kier molecular flexibility index (Phi) is 5.11. The van der Waals surface area contributed by atoms with Crippen molar-refractivity contribution in [1.29, 1.82) is 0 Å². The molecule has 2 unspecified atom stereocenters. The lowest BCUT2D eigenvalue weighted by molar-refractivity contribution is -0.0581. The topological polar surface area (TPSA) is 41.5 Å². The molecule has 0 spiro atoms. The van der Waals surface area contributed by atoms with Crippen LogP contribution >= 0.6 is 0 Å². The summed E-state index contributed by atoms with van der Waals surface area (Å²) in [6, 6.07) is 12.8. The molecule has 3 rings (SSSR count). The first kappa shape index (κ1) is 16.9. The molecule has 2 heterocycles. The third kappa shape index (κ3) is 3.74. The van der Waals surface area contributed by atoms with Gasteiger partial charge in [0.1, 0.15) is 0 Å². The Balaban J connectivity index is 1.81. The van der Waals surface area contributed by atoms with E-state index in [-0.39, 0.29) is 12.1 Å². The van der Waals surface area contributed by atoms with Crippen molar-refractivity contribution in [3.8, 4) is 0 Å². The van der Waals surface area contributed by atoms with Crippen molar-refractivity contribution in [2.24, 2.45) is 0 Å². The smallest absolute Gasteiger partial charge is 0.225 e. The summed E-state index contributed by atoms with van der Waals surface area (Å²) in [5.74, 6) is 0.760. The molecule has 1 aliphatic rings. The monoisotopic (exact) mass is 326 g/mol. The fourth-order valence-electron chi connectivity index (χ4n) is 3.36. The van der Waals surface area contributed by atoms with Crippen LogP contribution in [0.5, 0.6) is 0 Å². The summed E-state index contributed by atoms with van der Waals surface area (Å²) in [7, 11) is 4.20. The van der Waals surface area contributed by atoms with Crippen molar-refractivity contribution in [2.45, 2.75) is 26.0 Å². The Morgan fingerprint density at radius 1 is 1.17 bits per heavy atom. The predicted octanol–water partition coefficient (Wildman–Crippen LogP) is 2.60. The van der Waals surface area contributed by atoms with Crippen LogP contribution in [0.4, 0.5) is 5.95 Å². The van der Waals surface area contributed by atoms with Crippen molar-refractivity contribution < 1.29 is 4.74 Å². The Morgan fingerprint density at radius 3 is 2.50 bits per heavy atom. The van der Waals surface area contributed by atoms with Gasteiger partial charge >= 0.3 is 0 Å². The molecule has 5 nitrogen and oxygen atoms in total. The molecule has 5 heteroatoms. The van der Waals surface area contributed by atoms with Crippen LogP contribution in [0.2, 0.25) is 0 Å². The van der Waals surface area contributed by atoms with Crippen LogP contribution in [-0.2, 0) is 4.74 Å². The highest BCUT2D eigenvalue weighted by Gasteiger charge is 2.32. The number of nitrogens with zero attached hydrogens (tertiary/aromatic N) is 4. The van der Waals surface area contributed by atoms with E-state index >= 15 is 0 Å². The molecule has 0 radical (unpaired) electrons. The molecular formula is C19H26N4O. The molecule has 0 N–H and O–H groups in total. The van der Waals surface area contributed by atoms with E-state index in [0.717, 1.165) is 37.0 Å². The number of anilines is 1. The van der Waals surface area contributed by atoms with E-state index in [9.17, 15) is 0 Å². The second-order valence-corrected chi connectivity index (χ2v) is 6.58. The largest absolute Gasteiger partial charge is 0.373 e. The van der Waals surface area contributed by atoms with Crippen molar-refractivity contribution in [3.63, 3.8) is 0 Å². The summed E-state index contributed by atoms with van der Waals surface area (Å²) < 4.78 is 6.13. The van der Waals surface area contributed by atoms with Crippen molar-refractivity contribution >= 4 is 5.95 Å². The standard InChI is InChI=1S/C19H26N4O/c1-14-12-15(2)21-19(20-14)23(4)13-17-18(22(3)10-11-24-17)16-8-6-5-7-9-16/h5-9,12,17-18H,10-11,13H2,1-4H3. The molecule has 0 amide bonds. The molecule has 1 saturated heterocycles. The highest BCUT2D eigenvalue weighted by Crippen LogP contribution is 2.29. The van der Waals surface area contributed by atoms with E-state index in [1.807, 2.05) is 27.0 Å². The summed E-state index contributed by atoms with van der Waals surface area (Å²) in [6.45, 7) is 6.46. The molecular weight excluding hydrogens is 300 g/mol. The number of hydrogen-bond acceptors (Lipinski definition) is 5. The highest BCUT2D eigenvalue weighted by atomic mass is 16.5. The van der Waals surface area contributed by atoms with E-state index in [0.29, 0.717) is 0 Å². The molecule has 1 aliphatic heterocycles. The minimum atomic E-state index is 0.0839. The second kappa shape index (κ2) is 7.28. The van der Waals surface area contributed by atoms with Crippen molar-refractivity contribution in [2.75, 3.05) is 38.7 Å². The summed E-state index contributed by atoms with van der Waals surface area (Å²) in [4.78, 5) is 13.6. The highest BCUT2D eigenvalue weighted by molar-refractivity contribution is 5.32. The van der Waals surface area contributed by atoms with E-state index < -0.39 is 0 Å². The van der Waals surface area contributed by atoms with E-state index in [2.05, 4.69) is 57.1 Å². The maximum atomic E-state index is 6.13. The molecule has 2 atom stereocenters. The lowest BCUT2D eigenvalue weighted by Gasteiger charge is -2.40. The lowest BCUT2D eigenvalue weighted by Crippen LogP contribution is -2.48. The lowest BCUT2D eigenvalue weighted by atomic mass is 9.98. The minimum Gasteiger partial charge on any atom is -0.373 e. The zero-order chi connectivity index (χ0) is 17.1. The fraction of sp³-hybridized carbons (Fsp3) is 0.474. The van der Waals surface area contributed by atoms with Gasteiger partial charge in [-0.15, -0.1) is 0 Å². The molecule has 1 aromatic carbocycles. The van der Waals surface area contributed by atoms with Crippen molar-refractivity contribution in [1.82, 2.24) is 14.9 Å². The van der Waals surface area contributed by atoms with Gasteiger partial charge in [-0.05, 0) is 32.5 Å². The zero-order valence-corrected chi connectivity index (χ0v) is 14.9. The molecule has 1 fully saturated rings. The van der Waals surface area contributed by atoms with Crippen LogP contribution in [0.15, 0.2) is 36.4 Å². The van der Waals surface area contributed by atoms with Crippen LogP contribution in [-0.4, -0.2) is 54.8 Å². The number of benzene rings is 1. The van der Waals surface area contributed by atoms with Gasteiger partial charge in [-0.1, -0.05) is 30.3 Å². The Labute approximate surface area is 144 Å². The van der Waals surface area contributed by atoms with Crippen LogP contribution in [0.25, 0.3) is 0 Å². The first-order valence-corrected chi connectivity index (χ1v) is 8.45. The number of aryl methyl sites for hydroxylation is 2. The van der Waals surface area contributed by atoms with Gasteiger partial charge in [0.15, 0.2) is 0 Å². The average Bonchev–Trinajstić information content (AvgIpc) is 2.55. The summed E-state index contributed by atoms with van der Waals surface area (Å²) in [6.07, 6.45) is 0.0839. The van der Waals surface area contributed by atoms with Crippen LogP contribution in [0, 0.1) is 13.8 Å². The number of aromatic nitrogens is 2. The maximum absolute atomic E-state index is 6.13. The van der Waals surface area contributed by atoms with Gasteiger partial charge in [-0.3, -0.25) is 4.90 Å². The van der Waals surface area contributed by atoms with Crippen LogP contribution < -0.4 is 4.90 Å². The van der Waals surface area contributed by atoms with E-state index in [4.69, 9.17) is 4.74 Å². The predicted molar refractivity (Wildman–Crippen MR) is 96.3 cm³/mol. The third-order valence-corrected chi connectivity index (χ3v) is 4.51. The maximum Gasteiger partial charge on any atom is 0.225 e. The van der Waals surface area contributed by atoms with Crippen LogP contribution in [0.3, 0.4) is 0 Å². The average molecular weight is 326 g/mol. The van der Waals surface area contributed by atoms with Gasteiger partial charge in [0.2, 0.25) is 5.95 Å². The SMILES string of the molecule is Cc1cc(C)nc(N(C)CC2OCCN(C)C2c2ccccc2)n1. The Morgan fingerprint density at radius 2 is 1.83 bits per heavy atom. The van der Waals surface area contributed by atoms with Gasteiger partial charge in [-0.25, -0.2) is 9.97 Å². The molecule has 0 saturated carbocycles. The molecule has 0 bridgehead atoms. The van der Waals surface area contributed by atoms with Gasteiger partial charge < -0.3 is 9.64 Å². The normalized spacial score (nSPS) is 21.7.